The SMILES string of the molecule is CC1(C)OB(c2cc(F)c(CN)c(F)c2)OC1(C)C. The predicted octanol–water partition coefficient (Wildman–Crippen LogP) is 1.72. The van der Waals surface area contributed by atoms with E-state index in [0.717, 1.165) is 0 Å². The van der Waals surface area contributed by atoms with Crippen molar-refractivity contribution in [2.75, 3.05) is 0 Å². The fraction of sp³-hybridized carbons (Fsp3) is 0.538. The van der Waals surface area contributed by atoms with E-state index in [1.165, 1.54) is 12.1 Å². The van der Waals surface area contributed by atoms with Crippen LogP contribution < -0.4 is 11.2 Å². The molecule has 1 fully saturated rings. The van der Waals surface area contributed by atoms with E-state index >= 15 is 0 Å². The van der Waals surface area contributed by atoms with Gasteiger partial charge in [-0.15, -0.1) is 0 Å². The van der Waals surface area contributed by atoms with E-state index in [-0.39, 0.29) is 12.1 Å². The van der Waals surface area contributed by atoms with Gasteiger partial charge in [-0.25, -0.2) is 8.78 Å². The summed E-state index contributed by atoms with van der Waals surface area (Å²) in [7, 11) is -0.777. The van der Waals surface area contributed by atoms with Crippen LogP contribution in [-0.4, -0.2) is 18.3 Å². The Bertz CT molecular complexity index is 466. The summed E-state index contributed by atoms with van der Waals surface area (Å²) in [5.41, 5.74) is 4.41. The molecule has 1 saturated heterocycles. The second-order valence-corrected chi connectivity index (χ2v) is 5.76. The van der Waals surface area contributed by atoms with Crippen molar-refractivity contribution in [3.05, 3.63) is 29.3 Å². The van der Waals surface area contributed by atoms with Crippen molar-refractivity contribution in [1.82, 2.24) is 0 Å². The number of hydrogen-bond acceptors (Lipinski definition) is 3. The van der Waals surface area contributed by atoms with Gasteiger partial charge in [0.15, 0.2) is 0 Å². The lowest BCUT2D eigenvalue weighted by Gasteiger charge is -2.32. The first-order valence-corrected chi connectivity index (χ1v) is 6.21. The zero-order valence-electron chi connectivity index (χ0n) is 11.6. The van der Waals surface area contributed by atoms with Gasteiger partial charge in [-0.3, -0.25) is 0 Å². The Morgan fingerprint density at radius 1 is 1.05 bits per heavy atom. The molecule has 2 N–H and O–H groups in total. The molecule has 3 nitrogen and oxygen atoms in total. The topological polar surface area (TPSA) is 44.5 Å². The molecule has 0 aliphatic carbocycles. The summed E-state index contributed by atoms with van der Waals surface area (Å²) in [6.45, 7) is 7.35. The Kier molecular flexibility index (Phi) is 3.45. The lowest BCUT2D eigenvalue weighted by Crippen LogP contribution is -2.41. The second kappa shape index (κ2) is 4.54. The number of hydrogen-bond donors (Lipinski definition) is 1. The fourth-order valence-electron chi connectivity index (χ4n) is 1.93. The first-order valence-electron chi connectivity index (χ1n) is 6.21. The number of rotatable bonds is 2. The summed E-state index contributed by atoms with van der Waals surface area (Å²) < 4.78 is 38.9. The maximum absolute atomic E-state index is 13.7. The molecule has 104 valence electrons. The molecule has 2 rings (SSSR count). The molecular formula is C13H18BF2NO2. The Morgan fingerprint density at radius 2 is 1.47 bits per heavy atom. The molecule has 0 spiro atoms. The van der Waals surface area contributed by atoms with E-state index in [4.69, 9.17) is 15.0 Å². The van der Waals surface area contributed by atoms with Gasteiger partial charge in [0.25, 0.3) is 0 Å². The normalized spacial score (nSPS) is 20.9. The van der Waals surface area contributed by atoms with Crippen LogP contribution in [0.15, 0.2) is 12.1 Å². The van der Waals surface area contributed by atoms with Crippen molar-refractivity contribution in [2.45, 2.75) is 45.4 Å². The third kappa shape index (κ3) is 2.40. The van der Waals surface area contributed by atoms with Gasteiger partial charge in [-0.1, -0.05) is 0 Å². The van der Waals surface area contributed by atoms with Gasteiger partial charge >= 0.3 is 7.12 Å². The predicted molar refractivity (Wildman–Crippen MR) is 70.0 cm³/mol. The summed E-state index contributed by atoms with van der Waals surface area (Å²) in [4.78, 5) is 0. The van der Waals surface area contributed by atoms with Crippen LogP contribution in [0.3, 0.4) is 0 Å². The smallest absolute Gasteiger partial charge is 0.399 e. The number of halogens is 2. The Hall–Kier alpha value is -0.975. The minimum atomic E-state index is -0.777. The van der Waals surface area contributed by atoms with Crippen molar-refractivity contribution < 1.29 is 18.1 Å². The molecule has 6 heteroatoms. The molecule has 0 atom stereocenters. The lowest BCUT2D eigenvalue weighted by atomic mass is 9.78. The van der Waals surface area contributed by atoms with Crippen LogP contribution in [0.2, 0.25) is 0 Å². The summed E-state index contributed by atoms with van der Waals surface area (Å²) in [6, 6.07) is 2.43. The van der Waals surface area contributed by atoms with Gasteiger partial charge in [0.2, 0.25) is 0 Å². The first-order chi connectivity index (χ1) is 8.68. The van der Waals surface area contributed by atoms with Crippen molar-refractivity contribution in [1.29, 1.82) is 0 Å². The number of benzene rings is 1. The monoisotopic (exact) mass is 269 g/mol. The van der Waals surface area contributed by atoms with Gasteiger partial charge < -0.3 is 15.0 Å². The van der Waals surface area contributed by atoms with Crippen LogP contribution in [0.25, 0.3) is 0 Å². The molecular weight excluding hydrogens is 251 g/mol. The van der Waals surface area contributed by atoms with Crippen LogP contribution in [0.4, 0.5) is 8.78 Å². The van der Waals surface area contributed by atoms with Crippen molar-refractivity contribution in [2.24, 2.45) is 5.73 Å². The Balaban J connectivity index is 2.35. The molecule has 1 aromatic carbocycles. The van der Waals surface area contributed by atoms with Crippen molar-refractivity contribution in [3.8, 4) is 0 Å². The van der Waals surface area contributed by atoms with E-state index in [1.54, 1.807) is 0 Å². The van der Waals surface area contributed by atoms with Crippen molar-refractivity contribution >= 4 is 12.6 Å². The highest BCUT2D eigenvalue weighted by Crippen LogP contribution is 2.36. The molecule has 0 bridgehead atoms. The summed E-state index contributed by atoms with van der Waals surface area (Å²) in [5.74, 6) is -1.35. The molecule has 0 radical (unpaired) electrons. The van der Waals surface area contributed by atoms with Gasteiger partial charge in [-0.2, -0.15) is 0 Å². The zero-order chi connectivity index (χ0) is 14.4. The van der Waals surface area contributed by atoms with E-state index < -0.39 is 30.0 Å². The third-order valence-corrected chi connectivity index (χ3v) is 3.89. The Morgan fingerprint density at radius 3 is 1.84 bits per heavy atom. The van der Waals surface area contributed by atoms with Crippen molar-refractivity contribution in [3.63, 3.8) is 0 Å². The molecule has 1 aliphatic rings. The summed E-state index contributed by atoms with van der Waals surface area (Å²) in [5, 5.41) is 0. The van der Waals surface area contributed by atoms with E-state index in [2.05, 4.69) is 0 Å². The van der Waals surface area contributed by atoms with Gasteiger partial charge in [0, 0.05) is 12.1 Å². The zero-order valence-corrected chi connectivity index (χ0v) is 11.6. The maximum Gasteiger partial charge on any atom is 0.495 e. The molecule has 0 saturated carbocycles. The molecule has 19 heavy (non-hydrogen) atoms. The fourth-order valence-corrected chi connectivity index (χ4v) is 1.93. The molecule has 1 aliphatic heterocycles. The first kappa shape index (κ1) is 14.4. The van der Waals surface area contributed by atoms with Crippen LogP contribution in [0.5, 0.6) is 0 Å². The van der Waals surface area contributed by atoms with Crippen LogP contribution in [-0.2, 0) is 15.9 Å². The van der Waals surface area contributed by atoms with Crippen LogP contribution in [0, 0.1) is 11.6 Å². The highest BCUT2D eigenvalue weighted by molar-refractivity contribution is 6.62. The minimum absolute atomic E-state index is 0.125. The molecule has 0 aromatic heterocycles. The van der Waals surface area contributed by atoms with Crippen LogP contribution >= 0.6 is 0 Å². The van der Waals surface area contributed by atoms with E-state index in [1.807, 2.05) is 27.7 Å². The van der Waals surface area contributed by atoms with E-state index in [0.29, 0.717) is 5.46 Å². The van der Waals surface area contributed by atoms with E-state index in [9.17, 15) is 8.78 Å². The minimum Gasteiger partial charge on any atom is -0.399 e. The largest absolute Gasteiger partial charge is 0.495 e. The average Bonchev–Trinajstić information content (AvgIpc) is 2.47. The summed E-state index contributed by atoms with van der Waals surface area (Å²) in [6.07, 6.45) is 0. The van der Waals surface area contributed by atoms with Crippen LogP contribution in [0.1, 0.15) is 33.3 Å². The molecule has 1 aromatic rings. The average molecular weight is 269 g/mol. The second-order valence-electron chi connectivity index (χ2n) is 5.76. The van der Waals surface area contributed by atoms with Gasteiger partial charge in [0.1, 0.15) is 11.6 Å². The summed E-state index contributed by atoms with van der Waals surface area (Å²) >= 11 is 0. The highest BCUT2D eigenvalue weighted by atomic mass is 19.1. The molecule has 0 amide bonds. The Labute approximate surface area is 112 Å². The number of nitrogens with two attached hydrogens (primary N) is 1. The standard InChI is InChI=1S/C13H18BF2NO2/c1-12(2)13(3,4)19-14(18-12)8-5-10(15)9(7-17)11(16)6-8/h5-6H,7,17H2,1-4H3. The quantitative estimate of drug-likeness (QED) is 0.831. The van der Waals surface area contributed by atoms with Gasteiger partial charge in [0.05, 0.1) is 11.2 Å². The highest BCUT2D eigenvalue weighted by Gasteiger charge is 2.51. The lowest BCUT2D eigenvalue weighted by molar-refractivity contribution is 0.00578. The molecule has 1 heterocycles. The third-order valence-electron chi connectivity index (χ3n) is 3.89. The maximum atomic E-state index is 13.7. The van der Waals surface area contributed by atoms with Gasteiger partial charge in [-0.05, 0) is 45.3 Å². The molecule has 0 unspecified atom stereocenters.